The maximum absolute atomic E-state index is 13.6. The molecule has 0 aliphatic carbocycles. The van der Waals surface area contributed by atoms with Crippen molar-refractivity contribution in [2.45, 2.75) is 13.5 Å². The van der Waals surface area contributed by atoms with Gasteiger partial charge in [-0.2, -0.15) is 0 Å². The Morgan fingerprint density at radius 1 is 1.47 bits per heavy atom. The van der Waals surface area contributed by atoms with Crippen LogP contribution >= 0.6 is 15.9 Å². The monoisotopic (exact) mass is 327 g/mol. The van der Waals surface area contributed by atoms with E-state index in [2.05, 4.69) is 21.2 Å². The number of furan rings is 1. The second-order valence-corrected chi connectivity index (χ2v) is 4.89. The average Bonchev–Trinajstić information content (AvgIpc) is 2.70. The number of nitrogens with one attached hydrogen (secondary N) is 1. The van der Waals surface area contributed by atoms with Crippen LogP contribution in [0, 0.1) is 12.7 Å². The van der Waals surface area contributed by atoms with Gasteiger partial charge in [0.25, 0.3) is 0 Å². The first-order valence-corrected chi connectivity index (χ1v) is 6.28. The molecule has 100 valence electrons. The van der Waals surface area contributed by atoms with Crippen molar-refractivity contribution in [1.29, 1.82) is 0 Å². The third kappa shape index (κ3) is 3.14. The minimum atomic E-state index is -1.12. The van der Waals surface area contributed by atoms with Gasteiger partial charge in [-0.15, -0.1) is 0 Å². The molecule has 0 aliphatic rings. The van der Waals surface area contributed by atoms with Gasteiger partial charge in [0.05, 0.1) is 5.69 Å². The van der Waals surface area contributed by atoms with E-state index in [4.69, 9.17) is 9.52 Å². The van der Waals surface area contributed by atoms with Crippen LogP contribution in [0.5, 0.6) is 0 Å². The minimum absolute atomic E-state index is 0.120. The molecule has 0 spiro atoms. The Bertz CT molecular complexity index is 624. The average molecular weight is 328 g/mol. The van der Waals surface area contributed by atoms with Gasteiger partial charge in [0.2, 0.25) is 5.76 Å². The summed E-state index contributed by atoms with van der Waals surface area (Å²) in [6.07, 6.45) is 0. The van der Waals surface area contributed by atoms with Gasteiger partial charge in [0.15, 0.2) is 0 Å². The minimum Gasteiger partial charge on any atom is -0.475 e. The van der Waals surface area contributed by atoms with E-state index in [1.807, 2.05) is 0 Å². The lowest BCUT2D eigenvalue weighted by Gasteiger charge is -2.06. The number of benzene rings is 1. The van der Waals surface area contributed by atoms with Gasteiger partial charge in [-0.05, 0) is 31.2 Å². The number of hydrogen-bond acceptors (Lipinski definition) is 3. The molecule has 0 radical (unpaired) electrons. The fourth-order valence-electron chi connectivity index (χ4n) is 1.62. The normalized spacial score (nSPS) is 10.5. The second-order valence-electron chi connectivity index (χ2n) is 3.97. The standard InChI is InChI=1S/C13H11BrFNO3/c1-7-8(4-12(19-7)13(17)18)6-16-11-3-2-9(14)5-10(11)15/h2-5,16H,6H2,1H3,(H,17,18). The molecule has 6 heteroatoms. The number of aryl methyl sites for hydroxylation is 1. The lowest BCUT2D eigenvalue weighted by molar-refractivity contribution is 0.0661. The largest absolute Gasteiger partial charge is 0.475 e. The molecule has 1 heterocycles. The van der Waals surface area contributed by atoms with Crippen molar-refractivity contribution < 1.29 is 18.7 Å². The molecular formula is C13H11BrFNO3. The predicted octanol–water partition coefficient (Wildman–Crippen LogP) is 3.80. The Labute approximate surface area is 117 Å². The van der Waals surface area contributed by atoms with Crippen LogP contribution in [0.25, 0.3) is 0 Å². The lowest BCUT2D eigenvalue weighted by Crippen LogP contribution is -2.01. The number of carbonyl (C=O) groups is 1. The van der Waals surface area contributed by atoms with Gasteiger partial charge in [0.1, 0.15) is 11.6 Å². The van der Waals surface area contributed by atoms with Crippen molar-refractivity contribution in [3.63, 3.8) is 0 Å². The van der Waals surface area contributed by atoms with Crippen molar-refractivity contribution in [3.8, 4) is 0 Å². The van der Waals surface area contributed by atoms with Crippen molar-refractivity contribution in [2.75, 3.05) is 5.32 Å². The summed E-state index contributed by atoms with van der Waals surface area (Å²) in [5.41, 5.74) is 1.03. The highest BCUT2D eigenvalue weighted by Crippen LogP contribution is 2.21. The molecular weight excluding hydrogens is 317 g/mol. The molecule has 1 aromatic carbocycles. The molecule has 1 aromatic heterocycles. The summed E-state index contributed by atoms with van der Waals surface area (Å²) >= 11 is 3.18. The Morgan fingerprint density at radius 3 is 2.79 bits per heavy atom. The van der Waals surface area contributed by atoms with E-state index in [0.29, 0.717) is 28.0 Å². The quantitative estimate of drug-likeness (QED) is 0.896. The fraction of sp³-hybridized carbons (Fsp3) is 0.154. The fourth-order valence-corrected chi connectivity index (χ4v) is 1.96. The zero-order valence-corrected chi connectivity index (χ0v) is 11.6. The molecule has 2 rings (SSSR count). The maximum atomic E-state index is 13.6. The first-order valence-electron chi connectivity index (χ1n) is 5.49. The van der Waals surface area contributed by atoms with Crippen LogP contribution in [-0.2, 0) is 6.54 Å². The first kappa shape index (κ1) is 13.6. The van der Waals surface area contributed by atoms with Crippen LogP contribution in [0.4, 0.5) is 10.1 Å². The smallest absolute Gasteiger partial charge is 0.371 e. The number of anilines is 1. The summed E-state index contributed by atoms with van der Waals surface area (Å²) in [4.78, 5) is 10.8. The zero-order chi connectivity index (χ0) is 14.0. The summed E-state index contributed by atoms with van der Waals surface area (Å²) in [5.74, 6) is -1.12. The van der Waals surface area contributed by atoms with Crippen molar-refractivity contribution >= 4 is 27.6 Å². The maximum Gasteiger partial charge on any atom is 0.371 e. The van der Waals surface area contributed by atoms with Crippen LogP contribution in [0.15, 0.2) is 33.2 Å². The second kappa shape index (κ2) is 5.44. The topological polar surface area (TPSA) is 62.5 Å². The molecule has 0 fully saturated rings. The van der Waals surface area contributed by atoms with Gasteiger partial charge < -0.3 is 14.8 Å². The highest BCUT2D eigenvalue weighted by Gasteiger charge is 2.13. The molecule has 0 atom stereocenters. The highest BCUT2D eigenvalue weighted by atomic mass is 79.9. The van der Waals surface area contributed by atoms with E-state index in [1.54, 1.807) is 19.1 Å². The summed E-state index contributed by atoms with van der Waals surface area (Å²) in [6, 6.07) is 6.11. The van der Waals surface area contributed by atoms with E-state index in [1.165, 1.54) is 12.1 Å². The van der Waals surface area contributed by atoms with Crippen LogP contribution < -0.4 is 5.32 Å². The third-order valence-electron chi connectivity index (χ3n) is 2.63. The molecule has 4 nitrogen and oxygen atoms in total. The Kier molecular flexibility index (Phi) is 3.90. The summed E-state index contributed by atoms with van der Waals surface area (Å²) in [7, 11) is 0. The molecule has 0 amide bonds. The molecule has 0 saturated carbocycles. The number of carboxylic acids is 1. The molecule has 2 N–H and O–H groups in total. The van der Waals surface area contributed by atoms with E-state index in [-0.39, 0.29) is 11.6 Å². The van der Waals surface area contributed by atoms with Crippen molar-refractivity contribution in [3.05, 3.63) is 51.6 Å². The van der Waals surface area contributed by atoms with Gasteiger partial charge in [-0.25, -0.2) is 9.18 Å². The molecule has 0 unspecified atom stereocenters. The van der Waals surface area contributed by atoms with Crippen LogP contribution in [0.3, 0.4) is 0 Å². The third-order valence-corrected chi connectivity index (χ3v) is 3.13. The lowest BCUT2D eigenvalue weighted by atomic mass is 10.2. The molecule has 0 bridgehead atoms. The van der Waals surface area contributed by atoms with E-state index in [0.717, 1.165) is 0 Å². The Balaban J connectivity index is 2.12. The van der Waals surface area contributed by atoms with Crippen LogP contribution in [0.2, 0.25) is 0 Å². The van der Waals surface area contributed by atoms with E-state index >= 15 is 0 Å². The molecule has 0 saturated heterocycles. The predicted molar refractivity (Wildman–Crippen MR) is 71.8 cm³/mol. The summed E-state index contributed by atoms with van der Waals surface area (Å²) in [6.45, 7) is 1.96. The van der Waals surface area contributed by atoms with Crippen molar-refractivity contribution in [2.24, 2.45) is 0 Å². The van der Waals surface area contributed by atoms with Gasteiger partial charge in [-0.3, -0.25) is 0 Å². The molecule has 2 aromatic rings. The highest BCUT2D eigenvalue weighted by molar-refractivity contribution is 9.10. The molecule has 19 heavy (non-hydrogen) atoms. The summed E-state index contributed by atoms with van der Waals surface area (Å²) < 4.78 is 19.3. The number of hydrogen-bond donors (Lipinski definition) is 2. The number of halogens is 2. The van der Waals surface area contributed by atoms with Gasteiger partial charge in [0, 0.05) is 16.6 Å². The van der Waals surface area contributed by atoms with E-state index in [9.17, 15) is 9.18 Å². The van der Waals surface area contributed by atoms with Crippen LogP contribution in [-0.4, -0.2) is 11.1 Å². The summed E-state index contributed by atoms with van der Waals surface area (Å²) in [5, 5.41) is 11.7. The number of aromatic carboxylic acids is 1. The van der Waals surface area contributed by atoms with Crippen LogP contribution in [0.1, 0.15) is 21.9 Å². The Hall–Kier alpha value is -1.82. The SMILES string of the molecule is Cc1oc(C(=O)O)cc1CNc1ccc(Br)cc1F. The number of rotatable bonds is 4. The molecule has 0 aliphatic heterocycles. The van der Waals surface area contributed by atoms with Crippen molar-refractivity contribution in [1.82, 2.24) is 0 Å². The van der Waals surface area contributed by atoms with Gasteiger partial charge >= 0.3 is 5.97 Å². The number of carboxylic acid groups (broad SMARTS) is 1. The zero-order valence-electron chi connectivity index (χ0n) is 10.0. The first-order chi connectivity index (χ1) is 8.97. The van der Waals surface area contributed by atoms with E-state index < -0.39 is 5.97 Å². The van der Waals surface area contributed by atoms with Gasteiger partial charge in [-0.1, -0.05) is 15.9 Å². The Morgan fingerprint density at radius 2 is 2.21 bits per heavy atom.